The Balaban J connectivity index is 2.32. The third-order valence-corrected chi connectivity index (χ3v) is 3.43. The van der Waals surface area contributed by atoms with Gasteiger partial charge in [0.05, 0.1) is 6.10 Å². The lowest BCUT2D eigenvalue weighted by atomic mass is 9.83. The third kappa shape index (κ3) is 2.17. The highest BCUT2D eigenvalue weighted by Crippen LogP contribution is 2.34. The van der Waals surface area contributed by atoms with Crippen molar-refractivity contribution in [2.45, 2.75) is 31.4 Å². The van der Waals surface area contributed by atoms with E-state index >= 15 is 0 Å². The molecule has 15 heavy (non-hydrogen) atoms. The number of nitrogens with one attached hydrogen (secondary N) is 1. The van der Waals surface area contributed by atoms with Crippen LogP contribution in [0.5, 0.6) is 0 Å². The van der Waals surface area contributed by atoms with E-state index < -0.39 is 0 Å². The molecule has 1 aliphatic heterocycles. The zero-order valence-corrected chi connectivity index (χ0v) is 9.59. The van der Waals surface area contributed by atoms with Gasteiger partial charge in [0.1, 0.15) is 0 Å². The van der Waals surface area contributed by atoms with Crippen molar-refractivity contribution in [1.29, 1.82) is 0 Å². The standard InChI is InChI=1S/C12H16ClNO/c1-12(8-9(15)6-7-14-12)10-4-2-3-5-11(10)13/h2-5,9,14-15H,6-8H2,1H3. The quantitative estimate of drug-likeness (QED) is 0.769. The smallest absolute Gasteiger partial charge is 0.0573 e. The summed E-state index contributed by atoms with van der Waals surface area (Å²) in [6, 6.07) is 7.82. The van der Waals surface area contributed by atoms with E-state index in [2.05, 4.69) is 12.2 Å². The van der Waals surface area contributed by atoms with Crippen LogP contribution in [0.4, 0.5) is 0 Å². The second-order valence-corrected chi connectivity index (χ2v) is 4.79. The molecule has 1 fully saturated rings. The van der Waals surface area contributed by atoms with Gasteiger partial charge in [-0.2, -0.15) is 0 Å². The molecule has 0 aliphatic carbocycles. The number of hydrogen-bond acceptors (Lipinski definition) is 2. The summed E-state index contributed by atoms with van der Waals surface area (Å²) in [6.07, 6.45) is 1.31. The second kappa shape index (κ2) is 4.12. The average Bonchev–Trinajstić information content (AvgIpc) is 2.17. The van der Waals surface area contributed by atoms with Crippen molar-refractivity contribution in [3.63, 3.8) is 0 Å². The van der Waals surface area contributed by atoms with Crippen molar-refractivity contribution in [2.24, 2.45) is 0 Å². The van der Waals surface area contributed by atoms with Gasteiger partial charge in [-0.3, -0.25) is 0 Å². The van der Waals surface area contributed by atoms with Gasteiger partial charge in [0.15, 0.2) is 0 Å². The molecule has 0 aromatic heterocycles. The van der Waals surface area contributed by atoms with Gasteiger partial charge in [-0.1, -0.05) is 29.8 Å². The molecule has 1 aromatic carbocycles. The summed E-state index contributed by atoms with van der Waals surface area (Å²) in [6.45, 7) is 2.93. The van der Waals surface area contributed by atoms with E-state index in [1.165, 1.54) is 0 Å². The van der Waals surface area contributed by atoms with E-state index in [0.717, 1.165) is 30.0 Å². The van der Waals surface area contributed by atoms with Crippen LogP contribution in [0.25, 0.3) is 0 Å². The molecule has 1 saturated heterocycles. The first-order valence-corrected chi connectivity index (χ1v) is 5.68. The van der Waals surface area contributed by atoms with Gasteiger partial charge in [-0.05, 0) is 37.9 Å². The van der Waals surface area contributed by atoms with E-state index in [1.54, 1.807) is 0 Å². The summed E-state index contributed by atoms with van der Waals surface area (Å²) < 4.78 is 0. The van der Waals surface area contributed by atoms with Gasteiger partial charge in [0.2, 0.25) is 0 Å². The summed E-state index contributed by atoms with van der Waals surface area (Å²) in [5.41, 5.74) is 0.876. The fourth-order valence-corrected chi connectivity index (χ4v) is 2.62. The van der Waals surface area contributed by atoms with Crippen LogP contribution in [-0.4, -0.2) is 17.8 Å². The molecule has 1 heterocycles. The number of rotatable bonds is 1. The molecule has 82 valence electrons. The van der Waals surface area contributed by atoms with Crippen LogP contribution in [-0.2, 0) is 5.54 Å². The number of hydrogen-bond donors (Lipinski definition) is 2. The Morgan fingerprint density at radius 2 is 2.20 bits per heavy atom. The molecule has 2 N–H and O–H groups in total. The van der Waals surface area contributed by atoms with Gasteiger partial charge in [0.25, 0.3) is 0 Å². The Hall–Kier alpha value is -0.570. The van der Waals surface area contributed by atoms with E-state index in [4.69, 9.17) is 11.6 Å². The van der Waals surface area contributed by atoms with Crippen LogP contribution in [0.1, 0.15) is 25.3 Å². The lowest BCUT2D eigenvalue weighted by molar-refractivity contribution is 0.0835. The molecule has 0 radical (unpaired) electrons. The Kier molecular flexibility index (Phi) is 3.01. The summed E-state index contributed by atoms with van der Waals surface area (Å²) in [7, 11) is 0. The Morgan fingerprint density at radius 1 is 1.47 bits per heavy atom. The van der Waals surface area contributed by atoms with Crippen molar-refractivity contribution in [3.05, 3.63) is 34.9 Å². The number of halogens is 1. The molecule has 0 spiro atoms. The number of aliphatic hydroxyl groups excluding tert-OH is 1. The first-order valence-electron chi connectivity index (χ1n) is 5.30. The molecule has 3 heteroatoms. The summed E-state index contributed by atoms with van der Waals surface area (Å²) in [4.78, 5) is 0. The molecular formula is C12H16ClNO. The second-order valence-electron chi connectivity index (χ2n) is 4.39. The van der Waals surface area contributed by atoms with Crippen molar-refractivity contribution in [2.75, 3.05) is 6.54 Å². The monoisotopic (exact) mass is 225 g/mol. The van der Waals surface area contributed by atoms with Crippen LogP contribution >= 0.6 is 11.6 Å². The van der Waals surface area contributed by atoms with Crippen LogP contribution in [0.3, 0.4) is 0 Å². The molecule has 2 unspecified atom stereocenters. The summed E-state index contributed by atoms with van der Waals surface area (Å²) in [5, 5.41) is 13.9. The number of aliphatic hydroxyl groups is 1. The summed E-state index contributed by atoms with van der Waals surface area (Å²) >= 11 is 6.17. The Morgan fingerprint density at radius 3 is 2.87 bits per heavy atom. The molecule has 0 amide bonds. The predicted molar refractivity (Wildman–Crippen MR) is 62.0 cm³/mol. The van der Waals surface area contributed by atoms with Crippen molar-refractivity contribution in [3.8, 4) is 0 Å². The normalized spacial score (nSPS) is 31.5. The minimum Gasteiger partial charge on any atom is -0.393 e. The van der Waals surface area contributed by atoms with Gasteiger partial charge >= 0.3 is 0 Å². The highest BCUT2D eigenvalue weighted by Gasteiger charge is 2.33. The maximum atomic E-state index is 9.71. The zero-order valence-electron chi connectivity index (χ0n) is 8.83. The van der Waals surface area contributed by atoms with E-state index in [0.29, 0.717) is 0 Å². The van der Waals surface area contributed by atoms with Gasteiger partial charge in [-0.25, -0.2) is 0 Å². The third-order valence-electron chi connectivity index (χ3n) is 3.10. The van der Waals surface area contributed by atoms with Crippen molar-refractivity contribution in [1.82, 2.24) is 5.32 Å². The maximum absolute atomic E-state index is 9.71. The Labute approximate surface area is 95.3 Å². The molecule has 0 saturated carbocycles. The zero-order chi connectivity index (χ0) is 10.9. The lowest BCUT2D eigenvalue weighted by Crippen LogP contribution is -2.48. The van der Waals surface area contributed by atoms with Crippen LogP contribution in [0, 0.1) is 0 Å². The van der Waals surface area contributed by atoms with E-state index in [9.17, 15) is 5.11 Å². The molecule has 1 aromatic rings. The first kappa shape index (κ1) is 10.9. The molecular weight excluding hydrogens is 210 g/mol. The average molecular weight is 226 g/mol. The molecule has 0 bridgehead atoms. The highest BCUT2D eigenvalue weighted by atomic mass is 35.5. The minimum atomic E-state index is -0.229. The maximum Gasteiger partial charge on any atom is 0.0573 e. The number of benzene rings is 1. The highest BCUT2D eigenvalue weighted by molar-refractivity contribution is 6.31. The van der Waals surface area contributed by atoms with E-state index in [1.807, 2.05) is 24.3 Å². The summed E-state index contributed by atoms with van der Waals surface area (Å²) in [5.74, 6) is 0. The van der Waals surface area contributed by atoms with Crippen molar-refractivity contribution >= 4 is 11.6 Å². The topological polar surface area (TPSA) is 32.3 Å². The Bertz CT molecular complexity index is 355. The van der Waals surface area contributed by atoms with Crippen molar-refractivity contribution < 1.29 is 5.11 Å². The van der Waals surface area contributed by atoms with E-state index in [-0.39, 0.29) is 11.6 Å². The number of piperidine rings is 1. The van der Waals surface area contributed by atoms with Crippen LogP contribution in [0.15, 0.2) is 24.3 Å². The molecule has 1 aliphatic rings. The lowest BCUT2D eigenvalue weighted by Gasteiger charge is -2.38. The SMILES string of the molecule is CC1(c2ccccc2Cl)CC(O)CCN1. The fourth-order valence-electron chi connectivity index (χ4n) is 2.27. The van der Waals surface area contributed by atoms with Gasteiger partial charge in [-0.15, -0.1) is 0 Å². The van der Waals surface area contributed by atoms with Gasteiger partial charge < -0.3 is 10.4 Å². The fraction of sp³-hybridized carbons (Fsp3) is 0.500. The van der Waals surface area contributed by atoms with Crippen LogP contribution in [0.2, 0.25) is 5.02 Å². The predicted octanol–water partition coefficient (Wildman–Crippen LogP) is 2.30. The first-order chi connectivity index (χ1) is 7.12. The molecule has 2 nitrogen and oxygen atoms in total. The largest absolute Gasteiger partial charge is 0.393 e. The van der Waals surface area contributed by atoms with Crippen LogP contribution < -0.4 is 5.32 Å². The minimum absolute atomic E-state index is 0.198. The molecule has 2 atom stereocenters. The molecule has 2 rings (SSSR count). The van der Waals surface area contributed by atoms with Gasteiger partial charge in [0, 0.05) is 10.6 Å².